The van der Waals surface area contributed by atoms with Gasteiger partial charge in [-0.15, -0.1) is 0 Å². The number of anilines is 2. The Morgan fingerprint density at radius 3 is 3.00 bits per heavy atom. The largest absolute Gasteiger partial charge is 0.463 e. The van der Waals surface area contributed by atoms with Crippen LogP contribution in [-0.4, -0.2) is 40.8 Å². The lowest BCUT2D eigenvalue weighted by atomic mass is 10.1. The summed E-state index contributed by atoms with van der Waals surface area (Å²) < 4.78 is 11.0. The van der Waals surface area contributed by atoms with Gasteiger partial charge >= 0.3 is 6.01 Å². The molecule has 0 saturated carbocycles. The average molecular weight is 281 g/mol. The second-order valence-corrected chi connectivity index (χ2v) is 4.85. The van der Waals surface area contributed by atoms with Crippen LogP contribution < -0.4 is 15.8 Å². The zero-order valence-electron chi connectivity index (χ0n) is 12.0. The third kappa shape index (κ3) is 4.80. The molecule has 2 rings (SSSR count). The highest BCUT2D eigenvalue weighted by atomic mass is 16.5. The smallest absolute Gasteiger partial charge is 0.323 e. The van der Waals surface area contributed by atoms with Crippen LogP contribution in [0.1, 0.15) is 39.0 Å². The summed E-state index contributed by atoms with van der Waals surface area (Å²) >= 11 is 0. The number of hydrogen-bond donors (Lipinski definition) is 2. The van der Waals surface area contributed by atoms with Crippen molar-refractivity contribution in [2.24, 2.45) is 0 Å². The standard InChI is InChI=1S/C13H23N5O2/c1-2-8-20-13-17-11(14)16-12(18-13)15-7-6-10-5-3-4-9-19-10/h10H,2-9H2,1H3,(H3,14,15,16,17,18). The third-order valence-corrected chi connectivity index (χ3v) is 3.09. The van der Waals surface area contributed by atoms with E-state index >= 15 is 0 Å². The average Bonchev–Trinajstić information content (AvgIpc) is 2.46. The Balaban J connectivity index is 1.80. The summed E-state index contributed by atoms with van der Waals surface area (Å²) in [6.07, 6.45) is 5.73. The van der Waals surface area contributed by atoms with Crippen LogP contribution in [0.2, 0.25) is 0 Å². The molecule has 1 atom stereocenters. The van der Waals surface area contributed by atoms with E-state index in [1.165, 1.54) is 12.8 Å². The Morgan fingerprint density at radius 1 is 1.35 bits per heavy atom. The number of nitrogen functional groups attached to an aromatic ring is 1. The van der Waals surface area contributed by atoms with Crippen LogP contribution in [0, 0.1) is 0 Å². The maximum absolute atomic E-state index is 5.67. The van der Waals surface area contributed by atoms with Gasteiger partial charge in [0.2, 0.25) is 11.9 Å². The van der Waals surface area contributed by atoms with Crippen molar-refractivity contribution in [2.45, 2.75) is 45.1 Å². The van der Waals surface area contributed by atoms with Crippen LogP contribution in [0.4, 0.5) is 11.9 Å². The first-order valence-electron chi connectivity index (χ1n) is 7.27. The van der Waals surface area contributed by atoms with Crippen molar-refractivity contribution in [1.82, 2.24) is 15.0 Å². The van der Waals surface area contributed by atoms with Gasteiger partial charge in [0.05, 0.1) is 12.7 Å². The molecule has 0 amide bonds. The molecule has 1 unspecified atom stereocenters. The number of nitrogens with two attached hydrogens (primary N) is 1. The number of ether oxygens (including phenoxy) is 2. The molecule has 2 heterocycles. The van der Waals surface area contributed by atoms with Crippen LogP contribution >= 0.6 is 0 Å². The maximum atomic E-state index is 5.67. The third-order valence-electron chi connectivity index (χ3n) is 3.09. The van der Waals surface area contributed by atoms with Crippen LogP contribution in [0.5, 0.6) is 6.01 Å². The minimum atomic E-state index is 0.169. The SMILES string of the molecule is CCCOc1nc(N)nc(NCCC2CCCCO2)n1. The molecule has 3 N–H and O–H groups in total. The van der Waals surface area contributed by atoms with Gasteiger partial charge in [0.25, 0.3) is 0 Å². The number of rotatable bonds is 7. The molecular formula is C13H23N5O2. The van der Waals surface area contributed by atoms with Gasteiger partial charge in [0.15, 0.2) is 0 Å². The lowest BCUT2D eigenvalue weighted by molar-refractivity contribution is 0.0134. The first-order valence-corrected chi connectivity index (χ1v) is 7.27. The quantitative estimate of drug-likeness (QED) is 0.784. The number of nitrogens with zero attached hydrogens (tertiary/aromatic N) is 3. The Kier molecular flexibility index (Phi) is 5.79. The molecule has 1 aromatic heterocycles. The Hall–Kier alpha value is -1.63. The molecule has 1 saturated heterocycles. The molecule has 0 aliphatic carbocycles. The second-order valence-electron chi connectivity index (χ2n) is 4.85. The second kappa shape index (κ2) is 7.84. The molecule has 0 bridgehead atoms. The Morgan fingerprint density at radius 2 is 2.25 bits per heavy atom. The molecule has 112 valence electrons. The van der Waals surface area contributed by atoms with Crippen LogP contribution in [-0.2, 0) is 4.74 Å². The highest BCUT2D eigenvalue weighted by molar-refractivity contribution is 5.32. The maximum Gasteiger partial charge on any atom is 0.323 e. The number of hydrogen-bond acceptors (Lipinski definition) is 7. The van der Waals surface area contributed by atoms with E-state index in [1.807, 2.05) is 6.92 Å². The first kappa shape index (κ1) is 14.8. The van der Waals surface area contributed by atoms with Crippen LogP contribution in [0.25, 0.3) is 0 Å². The molecule has 1 aliphatic heterocycles. The summed E-state index contributed by atoms with van der Waals surface area (Å²) in [6, 6.07) is 0.274. The van der Waals surface area contributed by atoms with Gasteiger partial charge in [0, 0.05) is 13.2 Å². The highest BCUT2D eigenvalue weighted by Crippen LogP contribution is 2.16. The van der Waals surface area contributed by atoms with Crippen molar-refractivity contribution in [3.8, 4) is 6.01 Å². The molecule has 7 nitrogen and oxygen atoms in total. The van der Waals surface area contributed by atoms with Gasteiger partial charge in [-0.05, 0) is 32.1 Å². The van der Waals surface area contributed by atoms with Crippen molar-refractivity contribution in [3.05, 3.63) is 0 Å². The normalized spacial score (nSPS) is 18.8. The molecular weight excluding hydrogens is 258 g/mol. The predicted octanol–water partition coefficient (Wildman–Crippen LogP) is 1.61. The molecule has 1 fully saturated rings. The van der Waals surface area contributed by atoms with E-state index in [0.29, 0.717) is 18.7 Å². The molecule has 0 radical (unpaired) electrons. The summed E-state index contributed by atoms with van der Waals surface area (Å²) in [5, 5.41) is 3.15. The number of nitrogens with one attached hydrogen (secondary N) is 1. The van der Waals surface area contributed by atoms with Gasteiger partial charge in [-0.2, -0.15) is 15.0 Å². The van der Waals surface area contributed by atoms with Crippen molar-refractivity contribution < 1.29 is 9.47 Å². The summed E-state index contributed by atoms with van der Waals surface area (Å²) in [5.74, 6) is 0.627. The summed E-state index contributed by atoms with van der Waals surface area (Å²) in [5.41, 5.74) is 5.64. The summed E-state index contributed by atoms with van der Waals surface area (Å²) in [7, 11) is 0. The summed E-state index contributed by atoms with van der Waals surface area (Å²) in [4.78, 5) is 12.2. The molecule has 1 aromatic rings. The molecule has 20 heavy (non-hydrogen) atoms. The molecule has 1 aliphatic rings. The van der Waals surface area contributed by atoms with E-state index in [0.717, 1.165) is 32.4 Å². The molecule has 7 heteroatoms. The predicted molar refractivity (Wildman–Crippen MR) is 76.7 cm³/mol. The molecule has 0 spiro atoms. The first-order chi connectivity index (χ1) is 9.78. The van der Waals surface area contributed by atoms with E-state index in [1.54, 1.807) is 0 Å². The van der Waals surface area contributed by atoms with E-state index in [-0.39, 0.29) is 12.0 Å². The minimum Gasteiger partial charge on any atom is -0.463 e. The lowest BCUT2D eigenvalue weighted by Crippen LogP contribution is -2.22. The van der Waals surface area contributed by atoms with Gasteiger partial charge < -0.3 is 20.5 Å². The molecule has 0 aromatic carbocycles. The van der Waals surface area contributed by atoms with Gasteiger partial charge in [-0.1, -0.05) is 6.92 Å². The lowest BCUT2D eigenvalue weighted by Gasteiger charge is -2.22. The fourth-order valence-electron chi connectivity index (χ4n) is 2.09. The Labute approximate surface area is 119 Å². The van der Waals surface area contributed by atoms with E-state index in [2.05, 4.69) is 20.3 Å². The van der Waals surface area contributed by atoms with Gasteiger partial charge in [-0.3, -0.25) is 0 Å². The topological polar surface area (TPSA) is 95.2 Å². The van der Waals surface area contributed by atoms with E-state index < -0.39 is 0 Å². The number of aromatic nitrogens is 3. The highest BCUT2D eigenvalue weighted by Gasteiger charge is 2.13. The van der Waals surface area contributed by atoms with E-state index in [4.69, 9.17) is 15.2 Å². The van der Waals surface area contributed by atoms with Crippen molar-refractivity contribution >= 4 is 11.9 Å². The zero-order chi connectivity index (χ0) is 14.2. The van der Waals surface area contributed by atoms with Crippen molar-refractivity contribution in [3.63, 3.8) is 0 Å². The minimum absolute atomic E-state index is 0.169. The van der Waals surface area contributed by atoms with E-state index in [9.17, 15) is 0 Å². The van der Waals surface area contributed by atoms with Crippen LogP contribution in [0.3, 0.4) is 0 Å². The fourth-order valence-corrected chi connectivity index (χ4v) is 2.09. The van der Waals surface area contributed by atoms with Crippen LogP contribution in [0.15, 0.2) is 0 Å². The zero-order valence-corrected chi connectivity index (χ0v) is 12.0. The summed E-state index contributed by atoms with van der Waals surface area (Å²) in [6.45, 7) is 4.21. The monoisotopic (exact) mass is 281 g/mol. The fraction of sp³-hybridized carbons (Fsp3) is 0.769. The van der Waals surface area contributed by atoms with Gasteiger partial charge in [0.1, 0.15) is 0 Å². The van der Waals surface area contributed by atoms with Gasteiger partial charge in [-0.25, -0.2) is 0 Å². The van der Waals surface area contributed by atoms with Crippen molar-refractivity contribution in [1.29, 1.82) is 0 Å². The Bertz CT molecular complexity index is 410. The van der Waals surface area contributed by atoms with Crippen molar-refractivity contribution in [2.75, 3.05) is 30.8 Å².